The lowest BCUT2D eigenvalue weighted by Crippen LogP contribution is -2.49. The topological polar surface area (TPSA) is 95.9 Å². The molecule has 0 radical (unpaired) electrons. The summed E-state index contributed by atoms with van der Waals surface area (Å²) in [6, 6.07) is 11.4. The number of ether oxygens (including phenoxy) is 1. The zero-order chi connectivity index (χ0) is 31.2. The van der Waals surface area contributed by atoms with E-state index in [-0.39, 0.29) is 29.1 Å². The highest BCUT2D eigenvalue weighted by Gasteiger charge is 2.44. The molecule has 2 aliphatic heterocycles. The molecule has 4 aliphatic rings. The fraction of sp³-hybridized carbons (Fsp3) is 0.571. The smallest absolute Gasteiger partial charge is 0.264 e. The number of carbonyl (C=O) groups excluding carboxylic acids is 1. The molecule has 2 heterocycles. The van der Waals surface area contributed by atoms with Crippen LogP contribution in [0, 0.1) is 23.7 Å². The molecular formula is C35H45ClN2O5S. The Bertz CT molecular complexity index is 1540. The van der Waals surface area contributed by atoms with Crippen LogP contribution in [0.1, 0.15) is 80.8 Å². The van der Waals surface area contributed by atoms with Crippen molar-refractivity contribution in [3.8, 4) is 5.75 Å². The summed E-state index contributed by atoms with van der Waals surface area (Å²) in [5, 5.41) is 11.3. The largest absolute Gasteiger partial charge is 0.490 e. The zero-order valence-electron chi connectivity index (χ0n) is 26.0. The van der Waals surface area contributed by atoms with Crippen LogP contribution in [0.2, 0.25) is 5.02 Å². The highest BCUT2D eigenvalue weighted by Crippen LogP contribution is 2.46. The zero-order valence-corrected chi connectivity index (χ0v) is 27.5. The SMILES string of the molecule is CC(C)C[C@H]1C[C@H](C)/C=C/[C@H](O)[C@@H]2CC[C@H]2CN2C[C@@]3(CCCc4cc(Cl)ccc43)COc3ccc(cc32)C(=O)NS1(=O)=O. The summed E-state index contributed by atoms with van der Waals surface area (Å²) >= 11 is 6.40. The van der Waals surface area contributed by atoms with Crippen LogP contribution >= 0.6 is 11.6 Å². The Morgan fingerprint density at radius 1 is 1.16 bits per heavy atom. The van der Waals surface area contributed by atoms with Gasteiger partial charge in [-0.2, -0.15) is 0 Å². The number of allylic oxidation sites excluding steroid dienone is 1. The maximum Gasteiger partial charge on any atom is 0.264 e. The van der Waals surface area contributed by atoms with Crippen molar-refractivity contribution in [2.24, 2.45) is 23.7 Å². The fourth-order valence-electron chi connectivity index (χ4n) is 7.90. The standard InChI is InChI=1S/C35H45ClN2O5S/c1-22(2)15-28-16-23(3)6-12-32(39)29-10-7-26(29)19-38-20-35(14-4-5-24-17-27(36)9-11-30(24)35)21-43-33-13-8-25(18-31(33)38)34(40)37-44(28,41)42/h6,8-9,11-13,17-18,22-23,26,28-29,32,39H,4-5,7,10,14-16,19-21H2,1-3H3,(H,37,40)/b12-6+/t23-,26+,28+,29-,32+,35+/m1/s1. The minimum Gasteiger partial charge on any atom is -0.490 e. The van der Waals surface area contributed by atoms with E-state index < -0.39 is 27.3 Å². The van der Waals surface area contributed by atoms with Gasteiger partial charge < -0.3 is 14.7 Å². The summed E-state index contributed by atoms with van der Waals surface area (Å²) in [6.45, 7) is 7.87. The molecule has 1 fully saturated rings. The lowest BCUT2D eigenvalue weighted by atomic mass is 9.68. The van der Waals surface area contributed by atoms with Crippen LogP contribution < -0.4 is 14.4 Å². The third kappa shape index (κ3) is 6.27. The Kier molecular flexibility index (Phi) is 8.81. The van der Waals surface area contributed by atoms with Crippen molar-refractivity contribution in [1.29, 1.82) is 0 Å². The number of fused-ring (bicyclic) bond motifs is 4. The summed E-state index contributed by atoms with van der Waals surface area (Å²) in [5.41, 5.74) is 3.34. The van der Waals surface area contributed by atoms with Crippen molar-refractivity contribution in [3.05, 3.63) is 70.3 Å². The van der Waals surface area contributed by atoms with E-state index in [1.54, 1.807) is 18.2 Å². The van der Waals surface area contributed by atoms with E-state index in [4.69, 9.17) is 16.3 Å². The van der Waals surface area contributed by atoms with Crippen molar-refractivity contribution in [2.75, 3.05) is 24.6 Å². The molecular weight excluding hydrogens is 596 g/mol. The number of aryl methyl sites for hydroxylation is 1. The van der Waals surface area contributed by atoms with E-state index >= 15 is 0 Å². The lowest BCUT2D eigenvalue weighted by Gasteiger charge is -2.45. The van der Waals surface area contributed by atoms with E-state index in [1.165, 1.54) is 11.1 Å². The average molecular weight is 641 g/mol. The Hall–Kier alpha value is -2.55. The van der Waals surface area contributed by atoms with Crippen molar-refractivity contribution in [3.63, 3.8) is 0 Å². The van der Waals surface area contributed by atoms with Crippen LogP contribution in [0.4, 0.5) is 5.69 Å². The monoisotopic (exact) mass is 640 g/mol. The molecule has 6 rings (SSSR count). The molecule has 2 aromatic carbocycles. The molecule has 238 valence electrons. The third-order valence-electron chi connectivity index (χ3n) is 10.3. The van der Waals surface area contributed by atoms with Gasteiger partial charge in [0.05, 0.1) is 23.6 Å². The van der Waals surface area contributed by atoms with Gasteiger partial charge in [-0.15, -0.1) is 0 Å². The second kappa shape index (κ2) is 12.3. The van der Waals surface area contributed by atoms with Crippen LogP contribution in [0.25, 0.3) is 0 Å². The summed E-state index contributed by atoms with van der Waals surface area (Å²) in [4.78, 5) is 15.9. The number of nitrogens with one attached hydrogen (secondary N) is 1. The van der Waals surface area contributed by atoms with Crippen LogP contribution in [0.15, 0.2) is 48.6 Å². The van der Waals surface area contributed by atoms with Gasteiger partial charge in [-0.25, -0.2) is 13.1 Å². The van der Waals surface area contributed by atoms with Crippen LogP contribution in [0.3, 0.4) is 0 Å². The predicted molar refractivity (Wildman–Crippen MR) is 175 cm³/mol. The number of carbonyl (C=O) groups is 1. The molecule has 6 atom stereocenters. The first kappa shape index (κ1) is 31.4. The Morgan fingerprint density at radius 3 is 2.73 bits per heavy atom. The van der Waals surface area contributed by atoms with E-state index in [0.29, 0.717) is 43.9 Å². The number of aliphatic hydroxyl groups excluding tert-OH is 1. The van der Waals surface area contributed by atoms with E-state index in [2.05, 4.69) is 21.8 Å². The molecule has 1 saturated carbocycles. The van der Waals surface area contributed by atoms with Gasteiger partial charge in [0.25, 0.3) is 5.91 Å². The number of anilines is 1. The number of nitrogens with zero attached hydrogens (tertiary/aromatic N) is 1. The first-order valence-corrected chi connectivity index (χ1v) is 18.1. The summed E-state index contributed by atoms with van der Waals surface area (Å²) in [5.74, 6) is 0.535. The van der Waals surface area contributed by atoms with Crippen LogP contribution in [-0.2, 0) is 21.9 Å². The van der Waals surface area contributed by atoms with Crippen molar-refractivity contribution >= 4 is 33.2 Å². The molecule has 2 aromatic rings. The summed E-state index contributed by atoms with van der Waals surface area (Å²) in [6.07, 6.45) is 8.97. The number of hydrogen-bond acceptors (Lipinski definition) is 6. The van der Waals surface area contributed by atoms with Gasteiger partial charge in [-0.05, 0) is 110 Å². The van der Waals surface area contributed by atoms with Crippen molar-refractivity contribution < 1.29 is 23.1 Å². The molecule has 9 heteroatoms. The number of hydrogen-bond donors (Lipinski definition) is 2. The van der Waals surface area contributed by atoms with E-state index in [1.807, 2.05) is 39.0 Å². The fourth-order valence-corrected chi connectivity index (χ4v) is 9.83. The minimum atomic E-state index is -3.95. The quantitative estimate of drug-likeness (QED) is 0.376. The number of rotatable bonds is 2. The molecule has 2 bridgehead atoms. The van der Waals surface area contributed by atoms with Gasteiger partial charge in [-0.1, -0.05) is 50.6 Å². The maximum absolute atomic E-state index is 13.6. The van der Waals surface area contributed by atoms with Gasteiger partial charge >= 0.3 is 0 Å². The third-order valence-corrected chi connectivity index (χ3v) is 12.3. The molecule has 2 aliphatic carbocycles. The number of aliphatic hydroxyl groups is 1. The van der Waals surface area contributed by atoms with E-state index in [0.717, 1.165) is 42.8 Å². The molecule has 44 heavy (non-hydrogen) atoms. The van der Waals surface area contributed by atoms with Crippen LogP contribution in [0.5, 0.6) is 5.75 Å². The molecule has 1 spiro atoms. The summed E-state index contributed by atoms with van der Waals surface area (Å²) < 4.78 is 36.2. The van der Waals surface area contributed by atoms with Crippen molar-refractivity contribution in [2.45, 2.75) is 82.5 Å². The second-order valence-electron chi connectivity index (χ2n) is 14.1. The highest BCUT2D eigenvalue weighted by atomic mass is 35.5. The van der Waals surface area contributed by atoms with Crippen LogP contribution in [-0.4, -0.2) is 50.5 Å². The number of amides is 1. The number of sulfonamides is 1. The Labute approximate surface area is 267 Å². The van der Waals surface area contributed by atoms with Gasteiger partial charge in [0.1, 0.15) is 5.75 Å². The Balaban J connectivity index is 1.42. The molecule has 2 N–H and O–H groups in total. The second-order valence-corrected chi connectivity index (χ2v) is 16.5. The average Bonchev–Trinajstić information content (AvgIpc) is 3.10. The normalized spacial score (nSPS) is 32.5. The molecule has 0 saturated heterocycles. The molecule has 7 nitrogen and oxygen atoms in total. The van der Waals surface area contributed by atoms with Gasteiger partial charge in [-0.3, -0.25) is 4.79 Å². The molecule has 0 aromatic heterocycles. The van der Waals surface area contributed by atoms with Gasteiger partial charge in [0.15, 0.2) is 0 Å². The lowest BCUT2D eigenvalue weighted by molar-refractivity contribution is 0.0454. The molecule has 1 amide bonds. The first-order valence-electron chi connectivity index (χ1n) is 16.2. The van der Waals surface area contributed by atoms with Gasteiger partial charge in [0, 0.05) is 29.1 Å². The highest BCUT2D eigenvalue weighted by molar-refractivity contribution is 7.90. The Morgan fingerprint density at radius 2 is 1.98 bits per heavy atom. The van der Waals surface area contributed by atoms with E-state index in [9.17, 15) is 18.3 Å². The summed E-state index contributed by atoms with van der Waals surface area (Å²) in [7, 11) is -3.95. The predicted octanol–water partition coefficient (Wildman–Crippen LogP) is 6.27. The van der Waals surface area contributed by atoms with Gasteiger partial charge in [0.2, 0.25) is 10.0 Å². The number of benzene rings is 2. The molecule has 0 unspecified atom stereocenters. The number of halogens is 1. The van der Waals surface area contributed by atoms with Crippen molar-refractivity contribution in [1.82, 2.24) is 4.72 Å². The maximum atomic E-state index is 13.6. The first-order chi connectivity index (χ1) is 20.9. The minimum absolute atomic E-state index is 0.0696.